The van der Waals surface area contributed by atoms with Gasteiger partial charge in [-0.25, -0.2) is 4.68 Å². The average Bonchev–Trinajstić information content (AvgIpc) is 2.93. The van der Waals surface area contributed by atoms with E-state index in [0.717, 1.165) is 5.75 Å². The maximum absolute atomic E-state index is 11.7. The molecule has 0 bridgehead atoms. The van der Waals surface area contributed by atoms with E-state index in [1.165, 1.54) is 4.68 Å². The number of carbonyl (C=O) groups is 1. The molecule has 1 amide bonds. The van der Waals surface area contributed by atoms with E-state index in [0.29, 0.717) is 18.8 Å². The number of para-hydroxylation sites is 1. The number of carbonyl (C=O) groups excluding carboxylic acids is 1. The van der Waals surface area contributed by atoms with Crippen molar-refractivity contribution in [3.63, 3.8) is 0 Å². The Kier molecular flexibility index (Phi) is 5.28. The second kappa shape index (κ2) is 7.39. The number of rotatable bonds is 7. The van der Waals surface area contributed by atoms with Gasteiger partial charge in [0.15, 0.2) is 0 Å². The summed E-state index contributed by atoms with van der Waals surface area (Å²) in [5.74, 6) is 0.582. The van der Waals surface area contributed by atoms with Gasteiger partial charge in [-0.05, 0) is 19.1 Å². The molecule has 0 aliphatic heterocycles. The van der Waals surface area contributed by atoms with Crippen LogP contribution in [0, 0.1) is 0 Å². The second-order valence-corrected chi connectivity index (χ2v) is 4.53. The van der Waals surface area contributed by atoms with Gasteiger partial charge in [0.25, 0.3) is 0 Å². The monoisotopic (exact) mass is 290 g/mol. The SMILES string of the molecule is CC(O)c1cn(CC(=O)NCCOc2ccccc2)nn1. The number of benzene rings is 1. The highest BCUT2D eigenvalue weighted by molar-refractivity contribution is 5.75. The van der Waals surface area contributed by atoms with Crippen molar-refractivity contribution in [1.82, 2.24) is 20.3 Å². The van der Waals surface area contributed by atoms with Crippen LogP contribution in [0.15, 0.2) is 36.5 Å². The van der Waals surface area contributed by atoms with E-state index in [9.17, 15) is 9.90 Å². The first-order chi connectivity index (χ1) is 10.1. The molecule has 1 aromatic heterocycles. The number of aromatic nitrogens is 3. The van der Waals surface area contributed by atoms with E-state index < -0.39 is 6.10 Å². The highest BCUT2D eigenvalue weighted by Gasteiger charge is 2.08. The first-order valence-electron chi connectivity index (χ1n) is 6.68. The van der Waals surface area contributed by atoms with Gasteiger partial charge >= 0.3 is 0 Å². The van der Waals surface area contributed by atoms with Gasteiger partial charge in [0.2, 0.25) is 5.91 Å². The Hall–Kier alpha value is -2.41. The van der Waals surface area contributed by atoms with Crippen LogP contribution in [0.5, 0.6) is 5.75 Å². The molecule has 2 rings (SSSR count). The van der Waals surface area contributed by atoms with Gasteiger partial charge in [-0.3, -0.25) is 4.79 Å². The molecule has 0 spiro atoms. The van der Waals surface area contributed by atoms with Crippen LogP contribution < -0.4 is 10.1 Å². The third-order valence-electron chi connectivity index (χ3n) is 2.73. The molecular weight excluding hydrogens is 272 g/mol. The largest absolute Gasteiger partial charge is 0.492 e. The average molecular weight is 290 g/mol. The third kappa shape index (κ3) is 4.88. The Morgan fingerprint density at radius 1 is 1.43 bits per heavy atom. The summed E-state index contributed by atoms with van der Waals surface area (Å²) in [7, 11) is 0. The smallest absolute Gasteiger partial charge is 0.241 e. The Bertz CT molecular complexity index is 569. The van der Waals surface area contributed by atoms with Crippen molar-refractivity contribution >= 4 is 5.91 Å². The maximum atomic E-state index is 11.7. The summed E-state index contributed by atoms with van der Waals surface area (Å²) in [6, 6.07) is 9.40. The molecule has 0 aliphatic rings. The lowest BCUT2D eigenvalue weighted by molar-refractivity contribution is -0.121. The van der Waals surface area contributed by atoms with Crippen molar-refractivity contribution in [2.75, 3.05) is 13.2 Å². The Morgan fingerprint density at radius 3 is 2.86 bits per heavy atom. The molecule has 1 unspecified atom stereocenters. The lowest BCUT2D eigenvalue weighted by Crippen LogP contribution is -2.31. The van der Waals surface area contributed by atoms with Crippen LogP contribution >= 0.6 is 0 Å². The van der Waals surface area contributed by atoms with E-state index in [1.54, 1.807) is 13.1 Å². The second-order valence-electron chi connectivity index (χ2n) is 4.53. The molecule has 1 heterocycles. The lowest BCUT2D eigenvalue weighted by atomic mass is 10.3. The van der Waals surface area contributed by atoms with Gasteiger partial charge in [-0.2, -0.15) is 0 Å². The number of nitrogens with zero attached hydrogens (tertiary/aromatic N) is 3. The zero-order valence-electron chi connectivity index (χ0n) is 11.8. The summed E-state index contributed by atoms with van der Waals surface area (Å²) in [5.41, 5.74) is 0.440. The number of nitrogens with one attached hydrogen (secondary N) is 1. The molecule has 0 aliphatic carbocycles. The van der Waals surface area contributed by atoms with Crippen LogP contribution in [0.2, 0.25) is 0 Å². The molecule has 0 radical (unpaired) electrons. The molecule has 0 saturated heterocycles. The minimum absolute atomic E-state index is 0.0606. The summed E-state index contributed by atoms with van der Waals surface area (Å²) in [5, 5.41) is 19.6. The van der Waals surface area contributed by atoms with Crippen molar-refractivity contribution in [3.05, 3.63) is 42.2 Å². The van der Waals surface area contributed by atoms with E-state index in [2.05, 4.69) is 15.6 Å². The number of hydrogen-bond donors (Lipinski definition) is 2. The summed E-state index contributed by atoms with van der Waals surface area (Å²) in [6.07, 6.45) is 0.853. The fourth-order valence-electron chi connectivity index (χ4n) is 1.66. The highest BCUT2D eigenvalue weighted by atomic mass is 16.5. The van der Waals surface area contributed by atoms with Gasteiger partial charge in [-0.15, -0.1) is 5.10 Å². The van der Waals surface area contributed by atoms with Gasteiger partial charge in [0, 0.05) is 0 Å². The Balaban J connectivity index is 1.67. The summed E-state index contributed by atoms with van der Waals surface area (Å²) < 4.78 is 6.84. The molecular formula is C14H18N4O3. The van der Waals surface area contributed by atoms with Crippen LogP contribution in [-0.2, 0) is 11.3 Å². The van der Waals surface area contributed by atoms with Crippen LogP contribution in [0.3, 0.4) is 0 Å². The number of ether oxygens (including phenoxy) is 1. The van der Waals surface area contributed by atoms with Crippen LogP contribution in [0.1, 0.15) is 18.7 Å². The van der Waals surface area contributed by atoms with Crippen LogP contribution in [0.25, 0.3) is 0 Å². The molecule has 2 N–H and O–H groups in total. The predicted octanol–water partition coefficient (Wildman–Crippen LogP) is 0.527. The predicted molar refractivity (Wildman–Crippen MR) is 75.6 cm³/mol. The van der Waals surface area contributed by atoms with E-state index in [4.69, 9.17) is 4.74 Å². The quantitative estimate of drug-likeness (QED) is 0.726. The normalized spacial score (nSPS) is 11.9. The fourth-order valence-corrected chi connectivity index (χ4v) is 1.66. The van der Waals surface area contributed by atoms with Crippen LogP contribution in [0.4, 0.5) is 0 Å². The van der Waals surface area contributed by atoms with E-state index in [1.807, 2.05) is 30.3 Å². The van der Waals surface area contributed by atoms with Gasteiger partial charge in [-0.1, -0.05) is 23.4 Å². The van der Waals surface area contributed by atoms with Crippen LogP contribution in [-0.4, -0.2) is 39.2 Å². The standard InChI is InChI=1S/C14H18N4O3/c1-11(19)13-9-18(17-16-13)10-14(20)15-7-8-21-12-5-3-2-4-6-12/h2-6,9,11,19H,7-8,10H2,1H3,(H,15,20). The van der Waals surface area contributed by atoms with E-state index in [-0.39, 0.29) is 12.5 Å². The molecule has 0 saturated carbocycles. The number of hydrogen-bond acceptors (Lipinski definition) is 5. The number of amides is 1. The highest BCUT2D eigenvalue weighted by Crippen LogP contribution is 2.07. The first-order valence-corrected chi connectivity index (χ1v) is 6.68. The Labute approximate surface area is 122 Å². The lowest BCUT2D eigenvalue weighted by Gasteiger charge is -2.07. The maximum Gasteiger partial charge on any atom is 0.241 e. The number of aliphatic hydroxyl groups excluding tert-OH is 1. The zero-order valence-corrected chi connectivity index (χ0v) is 11.8. The van der Waals surface area contributed by atoms with Gasteiger partial charge in [0.05, 0.1) is 18.8 Å². The molecule has 112 valence electrons. The van der Waals surface area contributed by atoms with Crippen molar-refractivity contribution in [2.24, 2.45) is 0 Å². The molecule has 0 fully saturated rings. The van der Waals surface area contributed by atoms with E-state index >= 15 is 0 Å². The van der Waals surface area contributed by atoms with Crippen molar-refractivity contribution in [1.29, 1.82) is 0 Å². The fraction of sp³-hybridized carbons (Fsp3) is 0.357. The molecule has 2 aromatic rings. The third-order valence-corrected chi connectivity index (χ3v) is 2.73. The summed E-state index contributed by atoms with van der Waals surface area (Å²) in [4.78, 5) is 11.7. The number of aliphatic hydroxyl groups is 1. The van der Waals surface area contributed by atoms with Crippen molar-refractivity contribution in [2.45, 2.75) is 19.6 Å². The topological polar surface area (TPSA) is 89.3 Å². The minimum atomic E-state index is -0.693. The van der Waals surface area contributed by atoms with Crippen molar-refractivity contribution < 1.29 is 14.6 Å². The summed E-state index contributed by atoms with van der Waals surface area (Å²) >= 11 is 0. The first kappa shape index (κ1) is 15.0. The van der Waals surface area contributed by atoms with Crippen molar-refractivity contribution in [3.8, 4) is 5.75 Å². The summed E-state index contributed by atoms with van der Waals surface area (Å²) in [6.45, 7) is 2.46. The van der Waals surface area contributed by atoms with Gasteiger partial charge in [0.1, 0.15) is 24.6 Å². The molecule has 1 aromatic carbocycles. The molecule has 1 atom stereocenters. The molecule has 7 heteroatoms. The molecule has 7 nitrogen and oxygen atoms in total. The molecule has 21 heavy (non-hydrogen) atoms. The van der Waals surface area contributed by atoms with Gasteiger partial charge < -0.3 is 15.2 Å². The zero-order chi connectivity index (χ0) is 15.1. The minimum Gasteiger partial charge on any atom is -0.492 e. The Morgan fingerprint density at radius 2 is 2.19 bits per heavy atom.